The maximum absolute atomic E-state index is 12.2. The first-order chi connectivity index (χ1) is 7.97. The number of nitrogens with zero attached hydrogens (tertiary/aromatic N) is 1. The number of rotatable bonds is 7. The summed E-state index contributed by atoms with van der Waals surface area (Å²) in [5.74, 6) is 0. The molecule has 102 valence electrons. The molecule has 0 fully saturated rings. The van der Waals surface area contributed by atoms with Gasteiger partial charge in [-0.15, -0.1) is 0 Å². The zero-order valence-corrected chi connectivity index (χ0v) is 12.0. The Morgan fingerprint density at radius 1 is 1.29 bits per heavy atom. The van der Waals surface area contributed by atoms with E-state index in [1.807, 2.05) is 18.7 Å². The average Bonchev–Trinajstić information content (AvgIpc) is 2.29. The van der Waals surface area contributed by atoms with Crippen molar-refractivity contribution in [3.05, 3.63) is 0 Å². The van der Waals surface area contributed by atoms with Crippen LogP contribution in [0.15, 0.2) is 0 Å². The molecule has 0 aliphatic rings. The van der Waals surface area contributed by atoms with Gasteiger partial charge in [-0.2, -0.15) is 0 Å². The molecule has 0 aliphatic carbocycles. The maximum Gasteiger partial charge on any atom is 0.318 e. The second-order valence-electron chi connectivity index (χ2n) is 4.89. The number of nitrogens with one attached hydrogen (secondary N) is 1. The number of carbonyl (C=O) groups excluding carboxylic acids is 1. The second kappa shape index (κ2) is 7.54. The van der Waals surface area contributed by atoms with Crippen molar-refractivity contribution >= 4 is 6.03 Å². The third-order valence-corrected chi connectivity index (χ3v) is 3.37. The third-order valence-electron chi connectivity index (χ3n) is 3.37. The van der Waals surface area contributed by atoms with E-state index in [1.54, 1.807) is 0 Å². The summed E-state index contributed by atoms with van der Waals surface area (Å²) in [7, 11) is 0. The smallest absolute Gasteiger partial charge is 0.318 e. The van der Waals surface area contributed by atoms with Crippen LogP contribution >= 0.6 is 0 Å². The van der Waals surface area contributed by atoms with Gasteiger partial charge in [-0.25, -0.2) is 4.79 Å². The van der Waals surface area contributed by atoms with Crippen molar-refractivity contribution in [2.24, 2.45) is 5.73 Å². The summed E-state index contributed by atoms with van der Waals surface area (Å²) in [5, 5.41) is 2.97. The van der Waals surface area contributed by atoms with E-state index in [2.05, 4.69) is 26.1 Å². The van der Waals surface area contributed by atoms with Crippen molar-refractivity contribution in [2.75, 3.05) is 13.1 Å². The lowest BCUT2D eigenvalue weighted by molar-refractivity contribution is 0.107. The number of hydrogen-bond donors (Lipinski definition) is 2. The molecule has 0 unspecified atom stereocenters. The highest BCUT2D eigenvalue weighted by Gasteiger charge is 2.35. The van der Waals surface area contributed by atoms with Crippen molar-refractivity contribution < 1.29 is 4.79 Å². The minimum absolute atomic E-state index is 0.0102. The molecule has 0 bridgehead atoms. The summed E-state index contributed by atoms with van der Waals surface area (Å²) >= 11 is 0. The Kier molecular flexibility index (Phi) is 7.19. The van der Waals surface area contributed by atoms with Gasteiger partial charge in [-0.05, 0) is 33.1 Å². The fourth-order valence-electron chi connectivity index (χ4n) is 2.13. The Morgan fingerprint density at radius 2 is 1.82 bits per heavy atom. The van der Waals surface area contributed by atoms with Crippen LogP contribution in [0.1, 0.15) is 53.9 Å². The Hall–Kier alpha value is -0.770. The SMILES string of the molecule is CCCN(C(=O)NC(C)C)C(CC)(CC)CN. The number of hydrogen-bond acceptors (Lipinski definition) is 2. The van der Waals surface area contributed by atoms with E-state index >= 15 is 0 Å². The summed E-state index contributed by atoms with van der Waals surface area (Å²) in [5.41, 5.74) is 5.71. The molecule has 4 heteroatoms. The highest BCUT2D eigenvalue weighted by Crippen LogP contribution is 2.23. The molecule has 0 aliphatic heterocycles. The summed E-state index contributed by atoms with van der Waals surface area (Å²) in [6, 6.07) is 0.169. The summed E-state index contributed by atoms with van der Waals surface area (Å²) in [4.78, 5) is 14.1. The van der Waals surface area contributed by atoms with Gasteiger partial charge in [-0.3, -0.25) is 0 Å². The number of carbonyl (C=O) groups is 1. The fraction of sp³-hybridized carbons (Fsp3) is 0.923. The van der Waals surface area contributed by atoms with Crippen molar-refractivity contribution in [2.45, 2.75) is 65.5 Å². The number of amides is 2. The molecule has 4 nitrogen and oxygen atoms in total. The molecular weight excluding hydrogens is 214 g/mol. The van der Waals surface area contributed by atoms with Gasteiger partial charge in [-0.1, -0.05) is 20.8 Å². The lowest BCUT2D eigenvalue weighted by atomic mass is 9.90. The molecule has 0 rings (SSSR count). The van der Waals surface area contributed by atoms with E-state index in [-0.39, 0.29) is 17.6 Å². The first-order valence-corrected chi connectivity index (χ1v) is 6.75. The Morgan fingerprint density at radius 3 is 2.12 bits per heavy atom. The molecule has 0 saturated carbocycles. The van der Waals surface area contributed by atoms with E-state index in [0.29, 0.717) is 6.54 Å². The molecule has 0 aromatic rings. The first-order valence-electron chi connectivity index (χ1n) is 6.75. The third kappa shape index (κ3) is 4.19. The topological polar surface area (TPSA) is 58.4 Å². The molecule has 0 saturated heterocycles. The van der Waals surface area contributed by atoms with Gasteiger partial charge < -0.3 is 16.0 Å². The molecule has 0 heterocycles. The van der Waals surface area contributed by atoms with E-state index in [1.165, 1.54) is 0 Å². The first kappa shape index (κ1) is 16.2. The second-order valence-corrected chi connectivity index (χ2v) is 4.89. The highest BCUT2D eigenvalue weighted by atomic mass is 16.2. The highest BCUT2D eigenvalue weighted by molar-refractivity contribution is 5.75. The molecule has 0 atom stereocenters. The molecule has 0 aromatic heterocycles. The van der Waals surface area contributed by atoms with Gasteiger partial charge in [0.1, 0.15) is 0 Å². The van der Waals surface area contributed by atoms with Crippen LogP contribution in [0.3, 0.4) is 0 Å². The number of urea groups is 1. The zero-order chi connectivity index (χ0) is 13.5. The molecule has 3 N–H and O–H groups in total. The van der Waals surface area contributed by atoms with Crippen LogP contribution in [0.2, 0.25) is 0 Å². The van der Waals surface area contributed by atoms with Crippen LogP contribution in [-0.2, 0) is 0 Å². The lowest BCUT2D eigenvalue weighted by Gasteiger charge is -2.42. The minimum Gasteiger partial charge on any atom is -0.336 e. The Balaban J connectivity index is 4.97. The standard InChI is InChI=1S/C13H29N3O/c1-6-9-16(12(17)15-11(4)5)13(7-2,8-3)10-14/h11H,6-10,14H2,1-5H3,(H,15,17). The average molecular weight is 243 g/mol. The quantitative estimate of drug-likeness (QED) is 0.721. The molecule has 2 amide bonds. The van der Waals surface area contributed by atoms with Crippen molar-refractivity contribution in [1.82, 2.24) is 10.2 Å². The molecule has 0 radical (unpaired) electrons. The predicted octanol–water partition coefficient (Wildman–Crippen LogP) is 2.33. The van der Waals surface area contributed by atoms with E-state index in [0.717, 1.165) is 25.8 Å². The van der Waals surface area contributed by atoms with Crippen molar-refractivity contribution in [3.8, 4) is 0 Å². The van der Waals surface area contributed by atoms with Gasteiger partial charge >= 0.3 is 6.03 Å². The zero-order valence-electron chi connectivity index (χ0n) is 12.0. The van der Waals surface area contributed by atoms with Gasteiger partial charge in [0.2, 0.25) is 0 Å². The molecule has 0 aromatic carbocycles. The van der Waals surface area contributed by atoms with Crippen molar-refractivity contribution in [3.63, 3.8) is 0 Å². The van der Waals surface area contributed by atoms with Gasteiger partial charge in [0.15, 0.2) is 0 Å². The van der Waals surface area contributed by atoms with Crippen LogP contribution in [-0.4, -0.2) is 35.6 Å². The van der Waals surface area contributed by atoms with E-state index < -0.39 is 0 Å². The molecule has 17 heavy (non-hydrogen) atoms. The summed E-state index contributed by atoms with van der Waals surface area (Å²) in [6.07, 6.45) is 2.74. The summed E-state index contributed by atoms with van der Waals surface area (Å²) < 4.78 is 0. The molecule has 0 spiro atoms. The van der Waals surface area contributed by atoms with Crippen LogP contribution < -0.4 is 11.1 Å². The molecular formula is C13H29N3O. The fourth-order valence-corrected chi connectivity index (χ4v) is 2.13. The predicted molar refractivity (Wildman–Crippen MR) is 73.0 cm³/mol. The van der Waals surface area contributed by atoms with Crippen LogP contribution in [0.5, 0.6) is 0 Å². The Bertz CT molecular complexity index is 216. The van der Waals surface area contributed by atoms with Crippen LogP contribution in [0.25, 0.3) is 0 Å². The monoisotopic (exact) mass is 243 g/mol. The largest absolute Gasteiger partial charge is 0.336 e. The Labute approximate surface area is 106 Å². The van der Waals surface area contributed by atoms with Gasteiger partial charge in [0, 0.05) is 19.1 Å². The lowest BCUT2D eigenvalue weighted by Crippen LogP contribution is -2.59. The van der Waals surface area contributed by atoms with Crippen LogP contribution in [0, 0.1) is 0 Å². The van der Waals surface area contributed by atoms with Gasteiger partial charge in [0.05, 0.1) is 5.54 Å². The minimum atomic E-state index is -0.199. The van der Waals surface area contributed by atoms with Crippen LogP contribution in [0.4, 0.5) is 4.79 Å². The van der Waals surface area contributed by atoms with Gasteiger partial charge in [0.25, 0.3) is 0 Å². The normalized spacial score (nSPS) is 11.7. The van der Waals surface area contributed by atoms with E-state index in [4.69, 9.17) is 5.73 Å². The number of nitrogens with two attached hydrogens (primary N) is 1. The maximum atomic E-state index is 12.2. The van der Waals surface area contributed by atoms with Crippen molar-refractivity contribution in [1.29, 1.82) is 0 Å². The summed E-state index contributed by atoms with van der Waals surface area (Å²) in [6.45, 7) is 11.5. The van der Waals surface area contributed by atoms with E-state index in [9.17, 15) is 4.79 Å².